The number of hydrogen-bond acceptors (Lipinski definition) is 2. The minimum absolute atomic E-state index is 0.780. The lowest BCUT2D eigenvalue weighted by Gasteiger charge is -2.13. The molecule has 0 spiro atoms. The van der Waals surface area contributed by atoms with Crippen LogP contribution < -0.4 is 10.1 Å². The lowest BCUT2D eigenvalue weighted by atomic mass is 10.0. The second-order valence-electron chi connectivity index (χ2n) is 5.52. The summed E-state index contributed by atoms with van der Waals surface area (Å²) < 4.78 is 5.53. The molecule has 0 saturated carbocycles. The zero-order valence-corrected chi connectivity index (χ0v) is 13.9. The molecule has 3 rings (SSSR count). The molecular weight excluding hydrogens is 306 g/mol. The van der Waals surface area contributed by atoms with E-state index in [2.05, 4.69) is 47.8 Å². The largest absolute Gasteiger partial charge is 0.496 e. The first-order valence-electron chi connectivity index (χ1n) is 7.77. The fraction of sp³-hybridized carbons (Fsp3) is 0.200. The molecule has 0 fully saturated rings. The molecule has 0 bridgehead atoms. The molecule has 0 aliphatic carbocycles. The lowest BCUT2D eigenvalue weighted by Crippen LogP contribution is -2.17. The minimum atomic E-state index is 0.780. The minimum Gasteiger partial charge on any atom is -0.496 e. The van der Waals surface area contributed by atoms with E-state index in [1.165, 1.54) is 21.9 Å². The number of benzene rings is 3. The molecule has 0 amide bonds. The summed E-state index contributed by atoms with van der Waals surface area (Å²) in [6.07, 6.45) is 0.976. The molecule has 3 aromatic rings. The maximum atomic E-state index is 5.91. The van der Waals surface area contributed by atoms with Crippen molar-refractivity contribution < 1.29 is 4.74 Å². The molecule has 0 saturated heterocycles. The van der Waals surface area contributed by atoms with E-state index >= 15 is 0 Å². The van der Waals surface area contributed by atoms with Gasteiger partial charge in [0.05, 0.1) is 7.11 Å². The van der Waals surface area contributed by atoms with E-state index in [4.69, 9.17) is 16.3 Å². The molecule has 118 valence electrons. The topological polar surface area (TPSA) is 21.3 Å². The van der Waals surface area contributed by atoms with Gasteiger partial charge in [0, 0.05) is 17.1 Å². The van der Waals surface area contributed by atoms with Gasteiger partial charge in [-0.1, -0.05) is 54.1 Å². The highest BCUT2D eigenvalue weighted by Crippen LogP contribution is 2.27. The van der Waals surface area contributed by atoms with Gasteiger partial charge in [0.15, 0.2) is 0 Å². The van der Waals surface area contributed by atoms with Crippen LogP contribution in [0.1, 0.15) is 11.1 Å². The van der Waals surface area contributed by atoms with E-state index < -0.39 is 0 Å². The molecule has 0 heterocycles. The van der Waals surface area contributed by atoms with Crippen molar-refractivity contribution in [2.75, 3.05) is 13.7 Å². The van der Waals surface area contributed by atoms with E-state index in [0.717, 1.165) is 30.3 Å². The Kier molecular flexibility index (Phi) is 5.16. The Morgan fingerprint density at radius 3 is 2.52 bits per heavy atom. The first kappa shape index (κ1) is 15.9. The molecular formula is C20H20ClNO. The summed E-state index contributed by atoms with van der Waals surface area (Å²) in [6.45, 7) is 1.70. The van der Waals surface area contributed by atoms with Gasteiger partial charge in [-0.25, -0.2) is 0 Å². The van der Waals surface area contributed by atoms with Crippen LogP contribution in [0.3, 0.4) is 0 Å². The highest BCUT2D eigenvalue weighted by molar-refractivity contribution is 6.30. The SMILES string of the molecule is COc1ccc2ccccc2c1CNCCc1ccc(Cl)cc1. The summed E-state index contributed by atoms with van der Waals surface area (Å²) in [4.78, 5) is 0. The summed E-state index contributed by atoms with van der Waals surface area (Å²) in [5, 5.41) is 6.78. The number of fused-ring (bicyclic) bond motifs is 1. The molecule has 0 aliphatic heterocycles. The Bertz CT molecular complexity index is 783. The number of rotatable bonds is 6. The Hall–Kier alpha value is -2.03. The molecule has 3 heteroatoms. The van der Waals surface area contributed by atoms with Crippen LogP contribution >= 0.6 is 11.6 Å². The maximum Gasteiger partial charge on any atom is 0.123 e. The van der Waals surface area contributed by atoms with E-state index in [-0.39, 0.29) is 0 Å². The van der Waals surface area contributed by atoms with Crippen LogP contribution in [-0.4, -0.2) is 13.7 Å². The van der Waals surface area contributed by atoms with E-state index in [0.29, 0.717) is 0 Å². The Labute approximate surface area is 142 Å². The van der Waals surface area contributed by atoms with Crippen molar-refractivity contribution in [3.05, 3.63) is 76.8 Å². The van der Waals surface area contributed by atoms with Gasteiger partial charge in [0.2, 0.25) is 0 Å². The zero-order valence-electron chi connectivity index (χ0n) is 13.2. The average molecular weight is 326 g/mol. The van der Waals surface area contributed by atoms with Gasteiger partial charge in [0.1, 0.15) is 5.75 Å². The average Bonchev–Trinajstić information content (AvgIpc) is 2.60. The molecule has 0 aromatic heterocycles. The van der Waals surface area contributed by atoms with Gasteiger partial charge in [-0.15, -0.1) is 0 Å². The van der Waals surface area contributed by atoms with Gasteiger partial charge in [0.25, 0.3) is 0 Å². The number of nitrogens with one attached hydrogen (secondary N) is 1. The normalized spacial score (nSPS) is 10.9. The van der Waals surface area contributed by atoms with Gasteiger partial charge < -0.3 is 10.1 Å². The van der Waals surface area contributed by atoms with Gasteiger partial charge in [-0.3, -0.25) is 0 Å². The smallest absolute Gasteiger partial charge is 0.123 e. The highest BCUT2D eigenvalue weighted by atomic mass is 35.5. The van der Waals surface area contributed by atoms with Crippen LogP contribution in [0, 0.1) is 0 Å². The first-order valence-corrected chi connectivity index (χ1v) is 8.15. The van der Waals surface area contributed by atoms with Gasteiger partial charge in [-0.05, 0) is 47.5 Å². The summed E-state index contributed by atoms with van der Waals surface area (Å²) in [5.74, 6) is 0.933. The maximum absolute atomic E-state index is 5.91. The lowest BCUT2D eigenvalue weighted by molar-refractivity contribution is 0.409. The van der Waals surface area contributed by atoms with Crippen molar-refractivity contribution >= 4 is 22.4 Å². The number of hydrogen-bond donors (Lipinski definition) is 1. The van der Waals surface area contributed by atoms with E-state index in [9.17, 15) is 0 Å². The molecule has 0 unspecified atom stereocenters. The van der Waals surface area contributed by atoms with Crippen molar-refractivity contribution in [1.29, 1.82) is 0 Å². The van der Waals surface area contributed by atoms with E-state index in [1.807, 2.05) is 18.2 Å². The Morgan fingerprint density at radius 2 is 1.74 bits per heavy atom. The zero-order chi connectivity index (χ0) is 16.1. The Balaban J connectivity index is 1.67. The molecule has 0 atom stereocenters. The first-order chi connectivity index (χ1) is 11.3. The molecule has 2 nitrogen and oxygen atoms in total. The number of ether oxygens (including phenoxy) is 1. The van der Waals surface area contributed by atoms with Crippen molar-refractivity contribution in [2.24, 2.45) is 0 Å². The van der Waals surface area contributed by atoms with Crippen LogP contribution in [-0.2, 0) is 13.0 Å². The standard InChI is InChI=1S/C20H20ClNO/c1-23-20-11-8-16-4-2-3-5-18(16)19(20)14-22-13-12-15-6-9-17(21)10-7-15/h2-11,22H,12-14H2,1H3. The fourth-order valence-corrected chi connectivity index (χ4v) is 2.91. The summed E-state index contributed by atoms with van der Waals surface area (Å²) in [7, 11) is 1.72. The molecule has 23 heavy (non-hydrogen) atoms. The van der Waals surface area contributed by atoms with Crippen molar-refractivity contribution in [3.63, 3.8) is 0 Å². The second-order valence-corrected chi connectivity index (χ2v) is 5.96. The third-order valence-corrected chi connectivity index (χ3v) is 4.27. The van der Waals surface area contributed by atoms with Gasteiger partial charge in [-0.2, -0.15) is 0 Å². The third kappa shape index (κ3) is 3.84. The highest BCUT2D eigenvalue weighted by Gasteiger charge is 2.07. The van der Waals surface area contributed by atoms with Crippen molar-refractivity contribution in [3.8, 4) is 5.75 Å². The van der Waals surface area contributed by atoms with Gasteiger partial charge >= 0.3 is 0 Å². The predicted molar refractivity (Wildman–Crippen MR) is 97.4 cm³/mol. The van der Waals surface area contributed by atoms with Crippen molar-refractivity contribution in [2.45, 2.75) is 13.0 Å². The second kappa shape index (κ2) is 7.49. The quantitative estimate of drug-likeness (QED) is 0.655. The third-order valence-electron chi connectivity index (χ3n) is 4.02. The number of methoxy groups -OCH3 is 1. The van der Waals surface area contributed by atoms with Crippen LogP contribution in [0.5, 0.6) is 5.75 Å². The van der Waals surface area contributed by atoms with E-state index in [1.54, 1.807) is 7.11 Å². The number of halogens is 1. The summed E-state index contributed by atoms with van der Waals surface area (Å²) >= 11 is 5.91. The Morgan fingerprint density at radius 1 is 0.957 bits per heavy atom. The van der Waals surface area contributed by atoms with Crippen LogP contribution in [0.4, 0.5) is 0 Å². The molecule has 1 N–H and O–H groups in total. The molecule has 3 aromatic carbocycles. The monoisotopic (exact) mass is 325 g/mol. The van der Waals surface area contributed by atoms with Crippen LogP contribution in [0.25, 0.3) is 10.8 Å². The fourth-order valence-electron chi connectivity index (χ4n) is 2.79. The molecule has 0 radical (unpaired) electrons. The van der Waals surface area contributed by atoms with Crippen LogP contribution in [0.2, 0.25) is 5.02 Å². The van der Waals surface area contributed by atoms with Crippen LogP contribution in [0.15, 0.2) is 60.7 Å². The predicted octanol–water partition coefficient (Wildman–Crippen LogP) is 4.83. The summed E-state index contributed by atoms with van der Waals surface area (Å²) in [5.41, 5.74) is 2.49. The van der Waals surface area contributed by atoms with Crippen molar-refractivity contribution in [1.82, 2.24) is 5.32 Å². The summed E-state index contributed by atoms with van der Waals surface area (Å²) in [6, 6.07) is 20.6. The molecule has 0 aliphatic rings.